The molecule has 7 heteroatoms. The van der Waals surface area contributed by atoms with Gasteiger partial charge in [0.05, 0.1) is 10.2 Å². The van der Waals surface area contributed by atoms with Crippen LogP contribution in [-0.2, 0) is 6.54 Å². The van der Waals surface area contributed by atoms with Gasteiger partial charge in [-0.3, -0.25) is 4.79 Å². The van der Waals surface area contributed by atoms with E-state index >= 15 is 0 Å². The number of hydrogen-bond donors (Lipinski definition) is 1. The number of para-hydroxylation sites is 1. The minimum Gasteiger partial charge on any atom is -0.448 e. The van der Waals surface area contributed by atoms with Crippen LogP contribution < -0.4 is 10.2 Å². The van der Waals surface area contributed by atoms with E-state index in [-0.39, 0.29) is 11.7 Å². The van der Waals surface area contributed by atoms with E-state index in [1.54, 1.807) is 29.7 Å². The number of thiazole rings is 1. The lowest BCUT2D eigenvalue weighted by Gasteiger charge is -2.16. The number of pyridine rings is 1. The number of carbonyl (C=O) groups excluding carboxylic acids is 1. The molecule has 4 heterocycles. The van der Waals surface area contributed by atoms with Gasteiger partial charge >= 0.3 is 0 Å². The van der Waals surface area contributed by atoms with Gasteiger partial charge in [0, 0.05) is 25.8 Å². The van der Waals surface area contributed by atoms with Crippen molar-refractivity contribution in [2.24, 2.45) is 0 Å². The molecule has 0 atom stereocenters. The van der Waals surface area contributed by atoms with Crippen LogP contribution in [0.4, 0.5) is 5.82 Å². The Morgan fingerprint density at radius 2 is 2.00 bits per heavy atom. The van der Waals surface area contributed by atoms with Crippen LogP contribution in [-0.4, -0.2) is 29.0 Å². The first-order valence-electron chi connectivity index (χ1n) is 9.70. The second-order valence-corrected chi connectivity index (χ2v) is 8.08. The van der Waals surface area contributed by atoms with Crippen LogP contribution in [0, 0.1) is 0 Å². The Kier molecular flexibility index (Phi) is 4.73. The van der Waals surface area contributed by atoms with E-state index in [0.717, 1.165) is 39.7 Å². The molecule has 1 N–H and O–H groups in total. The van der Waals surface area contributed by atoms with E-state index < -0.39 is 0 Å². The van der Waals surface area contributed by atoms with Gasteiger partial charge in [0.25, 0.3) is 5.91 Å². The topological polar surface area (TPSA) is 71.3 Å². The molecule has 0 saturated carbocycles. The van der Waals surface area contributed by atoms with E-state index in [1.807, 2.05) is 36.4 Å². The zero-order chi connectivity index (χ0) is 19.6. The van der Waals surface area contributed by atoms with Crippen molar-refractivity contribution in [3.63, 3.8) is 0 Å². The number of benzene rings is 1. The van der Waals surface area contributed by atoms with Gasteiger partial charge in [-0.15, -0.1) is 11.3 Å². The number of amides is 1. The number of hydrogen-bond acceptors (Lipinski definition) is 6. The van der Waals surface area contributed by atoms with E-state index in [1.165, 1.54) is 12.8 Å². The van der Waals surface area contributed by atoms with Crippen molar-refractivity contribution < 1.29 is 9.21 Å². The highest BCUT2D eigenvalue weighted by atomic mass is 32.1. The summed E-state index contributed by atoms with van der Waals surface area (Å²) >= 11 is 1.55. The quantitative estimate of drug-likeness (QED) is 0.531. The maximum Gasteiger partial charge on any atom is 0.287 e. The maximum absolute atomic E-state index is 12.5. The molecule has 3 aromatic heterocycles. The summed E-state index contributed by atoms with van der Waals surface area (Å²) in [5.41, 5.74) is 1.95. The summed E-state index contributed by atoms with van der Waals surface area (Å²) in [7, 11) is 0. The predicted molar refractivity (Wildman–Crippen MR) is 114 cm³/mol. The molecule has 0 aliphatic carbocycles. The molecule has 4 aromatic rings. The normalized spacial score (nSPS) is 13.9. The van der Waals surface area contributed by atoms with Crippen LogP contribution in [0.2, 0.25) is 0 Å². The maximum atomic E-state index is 12.5. The highest BCUT2D eigenvalue weighted by Gasteiger charge is 2.16. The highest BCUT2D eigenvalue weighted by molar-refractivity contribution is 7.21. The lowest BCUT2D eigenvalue weighted by molar-refractivity contribution is 0.0924. The van der Waals surface area contributed by atoms with Gasteiger partial charge in [0.2, 0.25) is 0 Å². The lowest BCUT2D eigenvalue weighted by atomic mass is 10.2. The molecule has 6 nitrogen and oxygen atoms in total. The largest absolute Gasteiger partial charge is 0.448 e. The third-order valence-corrected chi connectivity index (χ3v) is 6.08. The monoisotopic (exact) mass is 404 g/mol. The van der Waals surface area contributed by atoms with Gasteiger partial charge in [0.1, 0.15) is 5.82 Å². The zero-order valence-corrected chi connectivity index (χ0v) is 16.6. The molecule has 1 fully saturated rings. The molecule has 0 radical (unpaired) electrons. The standard InChI is InChI=1S/C22H20N4O2S/c27-21(24-14-15-9-10-23-20(13-15)26-11-3-4-12-26)17-7-8-18(28-17)22-25-16-5-1-2-6-19(16)29-22/h1-2,5-10,13H,3-4,11-12,14H2,(H,24,27). The van der Waals surface area contributed by atoms with E-state index in [9.17, 15) is 4.79 Å². The van der Waals surface area contributed by atoms with Crippen LogP contribution in [0.25, 0.3) is 21.0 Å². The van der Waals surface area contributed by atoms with Crippen molar-refractivity contribution >= 4 is 33.3 Å². The Balaban J connectivity index is 1.26. The Labute approximate surface area is 172 Å². The SMILES string of the molecule is O=C(NCc1ccnc(N2CCCC2)c1)c1ccc(-c2nc3ccccc3s2)o1. The lowest BCUT2D eigenvalue weighted by Crippen LogP contribution is -2.23. The molecule has 0 spiro atoms. The first-order chi connectivity index (χ1) is 14.3. The third kappa shape index (κ3) is 3.73. The fourth-order valence-electron chi connectivity index (χ4n) is 3.51. The summed E-state index contributed by atoms with van der Waals surface area (Å²) in [6, 6.07) is 15.4. The number of nitrogens with zero attached hydrogens (tertiary/aromatic N) is 3. The van der Waals surface area contributed by atoms with E-state index in [2.05, 4.69) is 20.2 Å². The van der Waals surface area contributed by atoms with Crippen molar-refractivity contribution in [3.05, 3.63) is 66.1 Å². The molecular formula is C22H20N4O2S. The molecule has 146 valence electrons. The average Bonchev–Trinajstić information content (AvgIpc) is 3.52. The molecule has 1 amide bonds. The van der Waals surface area contributed by atoms with E-state index in [4.69, 9.17) is 4.42 Å². The number of nitrogens with one attached hydrogen (secondary N) is 1. The minimum atomic E-state index is -0.239. The Bertz CT molecular complexity index is 1130. The summed E-state index contributed by atoms with van der Waals surface area (Å²) < 4.78 is 6.86. The number of aromatic nitrogens is 2. The van der Waals surface area contributed by atoms with Crippen LogP contribution in [0.1, 0.15) is 29.0 Å². The number of anilines is 1. The minimum absolute atomic E-state index is 0.239. The van der Waals surface area contributed by atoms with Gasteiger partial charge in [0.15, 0.2) is 16.5 Å². The molecule has 0 bridgehead atoms. The summed E-state index contributed by atoms with van der Waals surface area (Å²) in [5, 5.41) is 3.70. The van der Waals surface area contributed by atoms with Crippen LogP contribution in [0.3, 0.4) is 0 Å². The van der Waals surface area contributed by atoms with Crippen LogP contribution >= 0.6 is 11.3 Å². The van der Waals surface area contributed by atoms with Gasteiger partial charge in [-0.05, 0) is 54.8 Å². The van der Waals surface area contributed by atoms with Crippen molar-refractivity contribution in [1.82, 2.24) is 15.3 Å². The van der Waals surface area contributed by atoms with Crippen molar-refractivity contribution in [2.75, 3.05) is 18.0 Å². The van der Waals surface area contributed by atoms with Crippen LogP contribution in [0.15, 0.2) is 59.1 Å². The Morgan fingerprint density at radius 3 is 2.86 bits per heavy atom. The molecule has 1 aliphatic rings. The van der Waals surface area contributed by atoms with Gasteiger partial charge in [-0.1, -0.05) is 12.1 Å². The number of furan rings is 1. The highest BCUT2D eigenvalue weighted by Crippen LogP contribution is 2.31. The molecule has 29 heavy (non-hydrogen) atoms. The third-order valence-electron chi connectivity index (χ3n) is 5.03. The first-order valence-corrected chi connectivity index (χ1v) is 10.5. The van der Waals surface area contributed by atoms with Gasteiger partial charge in [-0.2, -0.15) is 0 Å². The molecule has 0 unspecified atom stereocenters. The number of rotatable bonds is 5. The molecular weight excluding hydrogens is 384 g/mol. The predicted octanol–water partition coefficient (Wildman–Crippen LogP) is 4.48. The van der Waals surface area contributed by atoms with Crippen molar-refractivity contribution in [3.8, 4) is 10.8 Å². The summed E-state index contributed by atoms with van der Waals surface area (Å²) in [4.78, 5) is 23.8. The smallest absolute Gasteiger partial charge is 0.287 e. The summed E-state index contributed by atoms with van der Waals surface area (Å²) in [5.74, 6) is 1.63. The average molecular weight is 404 g/mol. The summed E-state index contributed by atoms with van der Waals surface area (Å²) in [6.07, 6.45) is 4.21. The van der Waals surface area contributed by atoms with Crippen molar-refractivity contribution in [1.29, 1.82) is 0 Å². The fraction of sp³-hybridized carbons (Fsp3) is 0.227. The molecule has 1 aromatic carbocycles. The fourth-order valence-corrected chi connectivity index (χ4v) is 4.44. The van der Waals surface area contributed by atoms with Gasteiger partial charge in [-0.25, -0.2) is 9.97 Å². The first kappa shape index (κ1) is 17.9. The van der Waals surface area contributed by atoms with Crippen LogP contribution in [0.5, 0.6) is 0 Å². The van der Waals surface area contributed by atoms with Crippen molar-refractivity contribution in [2.45, 2.75) is 19.4 Å². The molecule has 5 rings (SSSR count). The zero-order valence-electron chi connectivity index (χ0n) is 15.8. The molecule has 1 aliphatic heterocycles. The number of fused-ring (bicyclic) bond motifs is 1. The second kappa shape index (κ2) is 7.67. The Hall–Kier alpha value is -3.19. The van der Waals surface area contributed by atoms with E-state index in [0.29, 0.717) is 12.3 Å². The van der Waals surface area contributed by atoms with Gasteiger partial charge < -0.3 is 14.6 Å². The second-order valence-electron chi connectivity index (χ2n) is 7.05. The molecule has 1 saturated heterocycles. The summed E-state index contributed by atoms with van der Waals surface area (Å²) in [6.45, 7) is 2.52. The Morgan fingerprint density at radius 1 is 1.14 bits per heavy atom. The number of carbonyl (C=O) groups is 1.